The lowest BCUT2D eigenvalue weighted by molar-refractivity contribution is -0.00326. The smallest absolute Gasteiger partial charge is 0.0974 e. The second-order valence-corrected chi connectivity index (χ2v) is 2.87. The van der Waals surface area contributed by atoms with Gasteiger partial charge in [0.15, 0.2) is 0 Å². The molecule has 1 aliphatic heterocycles. The minimum atomic E-state index is -0.780. The van der Waals surface area contributed by atoms with Crippen LogP contribution < -0.4 is 0 Å². The quantitative estimate of drug-likeness (QED) is 0.589. The molecule has 1 rings (SSSR count). The van der Waals surface area contributed by atoms with Crippen molar-refractivity contribution in [1.82, 2.24) is 0 Å². The number of hydrogen-bond donors (Lipinski definition) is 2. The van der Waals surface area contributed by atoms with Crippen LogP contribution in [0.15, 0.2) is 0 Å². The lowest BCUT2D eigenvalue weighted by Gasteiger charge is -2.13. The Morgan fingerprint density at radius 3 is 2.55 bits per heavy atom. The minimum absolute atomic E-state index is 0.226. The van der Waals surface area contributed by atoms with Crippen molar-refractivity contribution in [3.8, 4) is 0 Å². The summed E-state index contributed by atoms with van der Waals surface area (Å²) >= 11 is 0. The van der Waals surface area contributed by atoms with Gasteiger partial charge < -0.3 is 14.9 Å². The third-order valence-electron chi connectivity index (χ3n) is 2.14. The van der Waals surface area contributed by atoms with Crippen LogP contribution in [-0.4, -0.2) is 41.8 Å². The van der Waals surface area contributed by atoms with Crippen LogP contribution in [-0.2, 0) is 4.74 Å². The molecule has 0 radical (unpaired) electrons. The Kier molecular flexibility index (Phi) is 2.81. The van der Waals surface area contributed by atoms with Crippen molar-refractivity contribution in [2.45, 2.75) is 25.2 Å². The predicted octanol–water partition coefficient (Wildman–Crippen LogP) is -0.287. The molecule has 0 amide bonds. The summed E-state index contributed by atoms with van der Waals surface area (Å²) < 4.78 is 17.3. The Morgan fingerprint density at radius 1 is 1.55 bits per heavy atom. The van der Waals surface area contributed by atoms with Crippen LogP contribution >= 0.6 is 0 Å². The Morgan fingerprint density at radius 2 is 2.18 bits per heavy atom. The number of ether oxygens (including phenoxy) is 1. The first kappa shape index (κ1) is 8.90. The van der Waals surface area contributed by atoms with Gasteiger partial charge in [-0.25, -0.2) is 0 Å². The van der Waals surface area contributed by atoms with E-state index in [-0.39, 0.29) is 12.7 Å². The van der Waals surface area contributed by atoms with Gasteiger partial charge >= 0.3 is 0 Å². The summed E-state index contributed by atoms with van der Waals surface area (Å²) in [5.41, 5.74) is 0. The number of alkyl halides is 1. The molecule has 0 aliphatic carbocycles. The Hall–Kier alpha value is -0.190. The molecule has 0 aromatic heterocycles. The van der Waals surface area contributed by atoms with E-state index >= 15 is 0 Å². The highest BCUT2D eigenvalue weighted by Gasteiger charge is 2.40. The van der Waals surface area contributed by atoms with Crippen molar-refractivity contribution in [1.29, 1.82) is 0 Å². The molecule has 4 heteroatoms. The average Bonchev–Trinajstić information content (AvgIpc) is 2.28. The second-order valence-electron chi connectivity index (χ2n) is 2.87. The summed E-state index contributed by atoms with van der Waals surface area (Å²) in [6.07, 6.45) is -1.69. The number of hydrogen-bond acceptors (Lipinski definition) is 3. The summed E-state index contributed by atoms with van der Waals surface area (Å²) in [7, 11) is 0. The van der Waals surface area contributed by atoms with Crippen molar-refractivity contribution in [2.75, 3.05) is 13.3 Å². The monoisotopic (exact) mass is 164 g/mol. The van der Waals surface area contributed by atoms with Crippen molar-refractivity contribution in [2.24, 2.45) is 5.92 Å². The lowest BCUT2D eigenvalue weighted by Crippen LogP contribution is -2.29. The first-order valence-electron chi connectivity index (χ1n) is 3.71. The van der Waals surface area contributed by atoms with Crippen LogP contribution in [0.25, 0.3) is 0 Å². The molecular weight excluding hydrogens is 151 g/mol. The molecule has 11 heavy (non-hydrogen) atoms. The third-order valence-corrected chi connectivity index (χ3v) is 2.14. The molecule has 0 unspecified atom stereocenters. The summed E-state index contributed by atoms with van der Waals surface area (Å²) in [5.74, 6) is -0.560. The fraction of sp³-hybridized carbons (Fsp3) is 1.00. The molecular formula is C7H13FO3. The van der Waals surface area contributed by atoms with Gasteiger partial charge in [0.05, 0.1) is 31.6 Å². The number of halogens is 1. The van der Waals surface area contributed by atoms with Crippen molar-refractivity contribution in [3.05, 3.63) is 0 Å². The SMILES string of the molecule is C[C@@H]1O[C@H](CO)[C@@H](CF)[C@H]1O. The Bertz CT molecular complexity index is 131. The van der Waals surface area contributed by atoms with E-state index in [4.69, 9.17) is 9.84 Å². The summed E-state index contributed by atoms with van der Waals surface area (Å²) in [6, 6.07) is 0. The second kappa shape index (κ2) is 3.47. The van der Waals surface area contributed by atoms with Crippen LogP contribution in [0.2, 0.25) is 0 Å². The van der Waals surface area contributed by atoms with E-state index in [1.54, 1.807) is 6.92 Å². The van der Waals surface area contributed by atoms with E-state index in [1.165, 1.54) is 0 Å². The highest BCUT2D eigenvalue weighted by molar-refractivity contribution is 4.87. The largest absolute Gasteiger partial charge is 0.394 e. The first-order chi connectivity index (χ1) is 5.20. The highest BCUT2D eigenvalue weighted by atomic mass is 19.1. The topological polar surface area (TPSA) is 49.7 Å². The van der Waals surface area contributed by atoms with Crippen LogP contribution in [0.1, 0.15) is 6.92 Å². The van der Waals surface area contributed by atoms with Crippen molar-refractivity contribution in [3.63, 3.8) is 0 Å². The van der Waals surface area contributed by atoms with E-state index in [9.17, 15) is 9.50 Å². The lowest BCUT2D eigenvalue weighted by atomic mass is 9.99. The molecule has 1 saturated heterocycles. The molecule has 0 aromatic carbocycles. The molecule has 0 spiro atoms. The molecule has 2 N–H and O–H groups in total. The number of aliphatic hydroxyl groups is 2. The molecule has 4 atom stereocenters. The van der Waals surface area contributed by atoms with Gasteiger partial charge in [-0.15, -0.1) is 0 Å². The van der Waals surface area contributed by atoms with Gasteiger partial charge in [0.25, 0.3) is 0 Å². The van der Waals surface area contributed by atoms with Crippen LogP contribution in [0.3, 0.4) is 0 Å². The predicted molar refractivity (Wildman–Crippen MR) is 36.9 cm³/mol. The zero-order chi connectivity index (χ0) is 8.43. The van der Waals surface area contributed by atoms with E-state index in [0.717, 1.165) is 0 Å². The van der Waals surface area contributed by atoms with Gasteiger partial charge in [0.1, 0.15) is 0 Å². The van der Waals surface area contributed by atoms with E-state index in [1.807, 2.05) is 0 Å². The fourth-order valence-electron chi connectivity index (χ4n) is 1.39. The average molecular weight is 164 g/mol. The van der Waals surface area contributed by atoms with Gasteiger partial charge in [-0.3, -0.25) is 4.39 Å². The van der Waals surface area contributed by atoms with E-state index in [0.29, 0.717) is 0 Å². The highest BCUT2D eigenvalue weighted by Crippen LogP contribution is 2.26. The zero-order valence-corrected chi connectivity index (χ0v) is 6.40. The molecule has 0 bridgehead atoms. The third kappa shape index (κ3) is 1.52. The minimum Gasteiger partial charge on any atom is -0.394 e. The van der Waals surface area contributed by atoms with E-state index in [2.05, 4.69) is 0 Å². The Labute approximate surface area is 64.8 Å². The van der Waals surface area contributed by atoms with Gasteiger partial charge in [-0.1, -0.05) is 0 Å². The molecule has 0 aromatic rings. The van der Waals surface area contributed by atoms with Crippen molar-refractivity contribution < 1.29 is 19.3 Å². The zero-order valence-electron chi connectivity index (χ0n) is 6.40. The van der Waals surface area contributed by atoms with E-state index < -0.39 is 24.8 Å². The summed E-state index contributed by atoms with van der Waals surface area (Å²) in [4.78, 5) is 0. The number of rotatable bonds is 2. The maximum atomic E-state index is 12.2. The molecule has 1 fully saturated rings. The van der Waals surface area contributed by atoms with Crippen LogP contribution in [0.4, 0.5) is 4.39 Å². The maximum absolute atomic E-state index is 12.2. The van der Waals surface area contributed by atoms with Gasteiger partial charge in [0.2, 0.25) is 0 Å². The summed E-state index contributed by atoms with van der Waals surface area (Å²) in [6.45, 7) is 0.801. The Balaban J connectivity index is 2.57. The van der Waals surface area contributed by atoms with Gasteiger partial charge in [-0.2, -0.15) is 0 Å². The number of aliphatic hydroxyl groups excluding tert-OH is 2. The van der Waals surface area contributed by atoms with Crippen LogP contribution in [0.5, 0.6) is 0 Å². The van der Waals surface area contributed by atoms with Gasteiger partial charge in [-0.05, 0) is 6.92 Å². The van der Waals surface area contributed by atoms with Crippen LogP contribution in [0, 0.1) is 5.92 Å². The van der Waals surface area contributed by atoms with Gasteiger partial charge in [0, 0.05) is 5.92 Å². The normalized spacial score (nSPS) is 44.7. The molecule has 1 aliphatic rings. The molecule has 0 saturated carbocycles. The molecule has 66 valence electrons. The van der Waals surface area contributed by atoms with Crippen molar-refractivity contribution >= 4 is 0 Å². The fourth-order valence-corrected chi connectivity index (χ4v) is 1.39. The molecule has 3 nitrogen and oxygen atoms in total. The first-order valence-corrected chi connectivity index (χ1v) is 3.71. The molecule has 1 heterocycles. The summed E-state index contributed by atoms with van der Waals surface area (Å²) in [5, 5.41) is 18.0. The maximum Gasteiger partial charge on any atom is 0.0974 e. The standard InChI is InChI=1S/C7H13FO3/c1-4-7(10)5(2-8)6(3-9)11-4/h4-7,9-10H,2-3H2,1H3/t4-,5+,6+,7-/m0/s1.